The molecule has 0 radical (unpaired) electrons. The van der Waals surface area contributed by atoms with Crippen molar-refractivity contribution in [1.29, 1.82) is 0 Å². The number of rotatable bonds is 6. The van der Waals surface area contributed by atoms with Gasteiger partial charge in [0, 0.05) is 28.8 Å². The van der Waals surface area contributed by atoms with Gasteiger partial charge in [-0.15, -0.1) is 5.10 Å². The normalized spacial score (nSPS) is 16.3. The van der Waals surface area contributed by atoms with E-state index in [4.69, 9.17) is 26.1 Å². The van der Waals surface area contributed by atoms with Gasteiger partial charge in [0.25, 0.3) is 5.56 Å². The molecule has 0 unspecified atom stereocenters. The van der Waals surface area contributed by atoms with Crippen molar-refractivity contribution >= 4 is 23.4 Å². The van der Waals surface area contributed by atoms with Crippen LogP contribution in [0, 0.1) is 0 Å². The van der Waals surface area contributed by atoms with Gasteiger partial charge in [0.05, 0.1) is 42.5 Å². The number of aromatic nitrogens is 8. The summed E-state index contributed by atoms with van der Waals surface area (Å²) in [6.07, 6.45) is 3.77. The minimum atomic E-state index is -0.515. The Hall–Kier alpha value is -4.88. The number of H-pyrrole nitrogens is 1. The van der Waals surface area contributed by atoms with Crippen molar-refractivity contribution in [1.82, 2.24) is 39.7 Å². The summed E-state index contributed by atoms with van der Waals surface area (Å²) in [6.45, 7) is 0.849. The fourth-order valence-corrected chi connectivity index (χ4v) is 5.16. The first kappa shape index (κ1) is 25.1. The lowest BCUT2D eigenvalue weighted by molar-refractivity contribution is -0.0951. The number of imidazole rings is 1. The summed E-state index contributed by atoms with van der Waals surface area (Å²) in [7, 11) is 0. The van der Waals surface area contributed by atoms with Crippen LogP contribution in [0.1, 0.15) is 24.1 Å². The molecule has 1 amide bonds. The minimum absolute atomic E-state index is 0.191. The number of nitrogens with zero attached hydrogens (tertiary/aromatic N) is 7. The van der Waals surface area contributed by atoms with Crippen molar-refractivity contribution < 1.29 is 14.3 Å². The number of aromatic amines is 1. The highest BCUT2D eigenvalue weighted by molar-refractivity contribution is 6.31. The summed E-state index contributed by atoms with van der Waals surface area (Å²) in [4.78, 5) is 38.2. The first-order chi connectivity index (χ1) is 20.0. The topological polar surface area (TPSA) is 155 Å². The number of carbonyl (C=O) groups excluding carboxylic acids is 1. The summed E-state index contributed by atoms with van der Waals surface area (Å²) in [5.41, 5.74) is 3.89. The van der Waals surface area contributed by atoms with Crippen LogP contribution in [0.5, 0.6) is 0 Å². The molecule has 2 aliphatic heterocycles. The van der Waals surface area contributed by atoms with E-state index in [1.54, 1.807) is 41.1 Å². The highest BCUT2D eigenvalue weighted by atomic mass is 35.5. The molecule has 7 rings (SSSR count). The van der Waals surface area contributed by atoms with Gasteiger partial charge < -0.3 is 14.5 Å². The van der Waals surface area contributed by atoms with Crippen LogP contribution >= 0.6 is 11.6 Å². The SMILES string of the molecule is O=C(Nc1ccc(-c2cnc([C@@H]3CCc4nc(-c5cc(Cl)ccc5-n5cnnn5)cc(=O)n43)[nH]2)cc1)OC1COC1. The quantitative estimate of drug-likeness (QED) is 0.312. The Balaban J connectivity index is 1.12. The van der Waals surface area contributed by atoms with Crippen molar-refractivity contribution in [2.24, 2.45) is 0 Å². The van der Waals surface area contributed by atoms with Gasteiger partial charge in [-0.25, -0.2) is 14.8 Å². The number of tetrazole rings is 1. The number of hydrogen-bond acceptors (Lipinski definition) is 9. The van der Waals surface area contributed by atoms with Crippen molar-refractivity contribution in [2.45, 2.75) is 25.0 Å². The molecule has 2 aromatic carbocycles. The van der Waals surface area contributed by atoms with Gasteiger partial charge in [-0.05, 0) is 52.7 Å². The van der Waals surface area contributed by atoms with Gasteiger partial charge in [0.15, 0.2) is 6.10 Å². The monoisotopic (exact) mass is 571 g/mol. The van der Waals surface area contributed by atoms with E-state index in [0.29, 0.717) is 65.4 Å². The standard InChI is InChI=1S/C27H22ClN9O4/c28-16-3-6-22(36-14-30-34-35-36)19(9-16)20-10-25(38)37-23(7-8-24(37)32-20)26-29-11-21(33-26)15-1-4-17(5-2-15)31-27(39)41-18-12-40-13-18/h1-6,9-11,14,18,23H,7-8,12-13H2,(H,29,33)(H,31,39)/t23-/m0/s1. The molecule has 14 heteroatoms. The third-order valence-corrected chi connectivity index (χ3v) is 7.28. The molecule has 0 aliphatic carbocycles. The van der Waals surface area contributed by atoms with Crippen molar-refractivity contribution in [3.05, 3.63) is 88.1 Å². The van der Waals surface area contributed by atoms with Gasteiger partial charge in [0.2, 0.25) is 0 Å². The summed E-state index contributed by atoms with van der Waals surface area (Å²) >= 11 is 6.28. The van der Waals surface area contributed by atoms with E-state index in [9.17, 15) is 9.59 Å². The Bertz CT molecular complexity index is 1800. The molecule has 2 N–H and O–H groups in total. The van der Waals surface area contributed by atoms with Crippen LogP contribution in [0.4, 0.5) is 10.5 Å². The first-order valence-electron chi connectivity index (χ1n) is 12.9. The van der Waals surface area contributed by atoms with E-state index in [0.717, 1.165) is 11.3 Å². The smallest absolute Gasteiger partial charge is 0.412 e. The highest BCUT2D eigenvalue weighted by Gasteiger charge is 2.29. The van der Waals surface area contributed by atoms with Crippen molar-refractivity contribution in [3.63, 3.8) is 0 Å². The number of amides is 1. The van der Waals surface area contributed by atoms with Crippen LogP contribution < -0.4 is 10.9 Å². The fourth-order valence-electron chi connectivity index (χ4n) is 4.99. The molecule has 5 aromatic rings. The average Bonchev–Trinajstić information content (AvgIpc) is 3.72. The Kier molecular flexibility index (Phi) is 6.29. The molecule has 13 nitrogen and oxygen atoms in total. The number of nitrogens with one attached hydrogen (secondary N) is 2. The summed E-state index contributed by atoms with van der Waals surface area (Å²) < 4.78 is 13.4. The number of halogens is 1. The third-order valence-electron chi connectivity index (χ3n) is 7.04. The van der Waals surface area contributed by atoms with Gasteiger partial charge in [0.1, 0.15) is 18.0 Å². The predicted molar refractivity (Wildman–Crippen MR) is 147 cm³/mol. The number of benzene rings is 2. The third kappa shape index (κ3) is 4.85. The van der Waals surface area contributed by atoms with Crippen LogP contribution in [-0.4, -0.2) is 65.1 Å². The average molecular weight is 572 g/mol. The molecular formula is C27H22ClN9O4. The van der Waals surface area contributed by atoms with Crippen LogP contribution in [-0.2, 0) is 15.9 Å². The largest absolute Gasteiger partial charge is 0.441 e. The van der Waals surface area contributed by atoms with Crippen LogP contribution in [0.25, 0.3) is 28.2 Å². The zero-order valence-corrected chi connectivity index (χ0v) is 22.2. The zero-order valence-electron chi connectivity index (χ0n) is 21.4. The van der Waals surface area contributed by atoms with E-state index in [2.05, 4.69) is 30.8 Å². The molecule has 2 aliphatic rings. The molecule has 3 aromatic heterocycles. The van der Waals surface area contributed by atoms with E-state index >= 15 is 0 Å². The second-order valence-electron chi connectivity index (χ2n) is 9.69. The molecule has 5 heterocycles. The highest BCUT2D eigenvalue weighted by Crippen LogP contribution is 2.32. The fraction of sp³-hybridized carbons (Fsp3) is 0.222. The summed E-state index contributed by atoms with van der Waals surface area (Å²) in [5.74, 6) is 1.33. The van der Waals surface area contributed by atoms with Gasteiger partial charge in [-0.3, -0.25) is 14.7 Å². The lowest BCUT2D eigenvalue weighted by Gasteiger charge is -2.25. The first-order valence-corrected chi connectivity index (χ1v) is 13.3. The van der Waals surface area contributed by atoms with Gasteiger partial charge in [-0.1, -0.05) is 23.7 Å². The van der Waals surface area contributed by atoms with E-state index in [1.165, 1.54) is 17.1 Å². The molecule has 0 saturated carbocycles. The lowest BCUT2D eigenvalue weighted by Crippen LogP contribution is -2.38. The Morgan fingerprint density at radius 1 is 1.15 bits per heavy atom. The minimum Gasteiger partial charge on any atom is -0.441 e. The predicted octanol–water partition coefficient (Wildman–Crippen LogP) is 3.41. The maximum Gasteiger partial charge on any atom is 0.412 e. The molecule has 1 fully saturated rings. The molecule has 0 spiro atoms. The Morgan fingerprint density at radius 3 is 2.76 bits per heavy atom. The molecular weight excluding hydrogens is 550 g/mol. The van der Waals surface area contributed by atoms with E-state index in [1.807, 2.05) is 12.1 Å². The summed E-state index contributed by atoms with van der Waals surface area (Å²) in [5, 5.41) is 14.6. The van der Waals surface area contributed by atoms with Crippen molar-refractivity contribution in [3.8, 4) is 28.2 Å². The second-order valence-corrected chi connectivity index (χ2v) is 10.1. The number of hydrogen-bond donors (Lipinski definition) is 2. The summed E-state index contributed by atoms with van der Waals surface area (Å²) in [6, 6.07) is 13.8. The zero-order chi connectivity index (χ0) is 27.9. The number of carbonyl (C=O) groups is 1. The Morgan fingerprint density at radius 2 is 2.00 bits per heavy atom. The molecule has 41 heavy (non-hydrogen) atoms. The number of anilines is 1. The Labute approximate surface area is 237 Å². The molecule has 0 bridgehead atoms. The number of fused-ring (bicyclic) bond motifs is 1. The number of ether oxygens (including phenoxy) is 2. The van der Waals surface area contributed by atoms with Crippen LogP contribution in [0.3, 0.4) is 0 Å². The second kappa shape index (κ2) is 10.3. The molecule has 1 saturated heterocycles. The van der Waals surface area contributed by atoms with E-state index < -0.39 is 6.09 Å². The van der Waals surface area contributed by atoms with Gasteiger partial charge in [-0.2, -0.15) is 4.68 Å². The maximum atomic E-state index is 13.4. The number of aryl methyl sites for hydroxylation is 1. The van der Waals surface area contributed by atoms with Crippen molar-refractivity contribution in [2.75, 3.05) is 18.5 Å². The van der Waals surface area contributed by atoms with Crippen LogP contribution in [0.15, 0.2) is 65.8 Å². The maximum absolute atomic E-state index is 13.4. The molecule has 1 atom stereocenters. The van der Waals surface area contributed by atoms with Gasteiger partial charge >= 0.3 is 6.09 Å². The van der Waals surface area contributed by atoms with E-state index in [-0.39, 0.29) is 17.7 Å². The molecule has 206 valence electrons. The lowest BCUT2D eigenvalue weighted by atomic mass is 10.1. The van der Waals surface area contributed by atoms with Crippen LogP contribution in [0.2, 0.25) is 5.02 Å².